The number of rotatable bonds is 12. The summed E-state index contributed by atoms with van der Waals surface area (Å²) in [7, 11) is 0. The third kappa shape index (κ3) is 10.9. The van der Waals surface area contributed by atoms with Crippen LogP contribution in [-0.2, 0) is 14.4 Å². The molecular formula is C27H45N3O3. The van der Waals surface area contributed by atoms with Gasteiger partial charge in [-0.05, 0) is 55.2 Å². The summed E-state index contributed by atoms with van der Waals surface area (Å²) in [6.07, 6.45) is 2.35. The highest BCUT2D eigenvalue weighted by molar-refractivity contribution is 5.99. The number of anilines is 3. The van der Waals surface area contributed by atoms with Gasteiger partial charge in [0.25, 0.3) is 0 Å². The first-order valence-electron chi connectivity index (χ1n) is 12.4. The summed E-state index contributed by atoms with van der Waals surface area (Å²) < 4.78 is 0. The molecule has 0 aromatic heterocycles. The molecule has 0 bridgehead atoms. The second kappa shape index (κ2) is 13.4. The minimum atomic E-state index is -0.140. The van der Waals surface area contributed by atoms with Crippen molar-refractivity contribution in [2.75, 3.05) is 16.0 Å². The van der Waals surface area contributed by atoms with E-state index >= 15 is 0 Å². The van der Waals surface area contributed by atoms with Crippen molar-refractivity contribution in [3.63, 3.8) is 0 Å². The van der Waals surface area contributed by atoms with Gasteiger partial charge in [0, 0.05) is 34.8 Å². The van der Waals surface area contributed by atoms with Gasteiger partial charge < -0.3 is 16.0 Å². The van der Waals surface area contributed by atoms with Gasteiger partial charge in [0.15, 0.2) is 0 Å². The molecule has 3 N–H and O–H groups in total. The molecule has 0 spiro atoms. The second-order valence-corrected chi connectivity index (χ2v) is 10.9. The van der Waals surface area contributed by atoms with E-state index in [9.17, 15) is 14.4 Å². The van der Waals surface area contributed by atoms with Gasteiger partial charge in [-0.25, -0.2) is 0 Å². The first-order chi connectivity index (χ1) is 15.3. The lowest BCUT2D eigenvalue weighted by atomic mass is 9.97. The molecule has 1 rings (SSSR count). The molecule has 3 amide bonds. The lowest BCUT2D eigenvalue weighted by Crippen LogP contribution is -2.24. The highest BCUT2D eigenvalue weighted by Crippen LogP contribution is 2.26. The molecule has 0 aliphatic carbocycles. The lowest BCUT2D eigenvalue weighted by Gasteiger charge is -2.19. The maximum absolute atomic E-state index is 12.7. The molecule has 0 heterocycles. The molecule has 3 atom stereocenters. The Balaban J connectivity index is 3.12. The van der Waals surface area contributed by atoms with Gasteiger partial charge in [0.1, 0.15) is 0 Å². The average Bonchev–Trinajstić information content (AvgIpc) is 2.65. The lowest BCUT2D eigenvalue weighted by molar-refractivity contribution is -0.120. The van der Waals surface area contributed by atoms with E-state index in [0.717, 1.165) is 19.3 Å². The molecule has 6 nitrogen and oxygen atoms in total. The summed E-state index contributed by atoms with van der Waals surface area (Å²) in [6, 6.07) is 5.23. The number of amides is 3. The van der Waals surface area contributed by atoms with Crippen LogP contribution in [0.2, 0.25) is 0 Å². The number of carbonyl (C=O) groups is 3. The Hall–Kier alpha value is -2.37. The normalized spacial score (nSPS) is 14.2. The van der Waals surface area contributed by atoms with E-state index < -0.39 is 0 Å². The topological polar surface area (TPSA) is 87.3 Å². The maximum Gasteiger partial charge on any atom is 0.227 e. The molecule has 6 heteroatoms. The third-order valence-corrected chi connectivity index (χ3v) is 5.55. The van der Waals surface area contributed by atoms with Crippen molar-refractivity contribution in [1.29, 1.82) is 0 Å². The van der Waals surface area contributed by atoms with Crippen molar-refractivity contribution in [3.8, 4) is 0 Å². The summed E-state index contributed by atoms with van der Waals surface area (Å²) in [5, 5.41) is 8.87. The fourth-order valence-electron chi connectivity index (χ4n) is 4.08. The van der Waals surface area contributed by atoms with Crippen molar-refractivity contribution < 1.29 is 14.4 Å². The van der Waals surface area contributed by atoms with E-state index in [1.54, 1.807) is 18.2 Å². The number of hydrogen-bond donors (Lipinski definition) is 3. The maximum atomic E-state index is 12.7. The second-order valence-electron chi connectivity index (χ2n) is 10.9. The van der Waals surface area contributed by atoms with E-state index in [1.165, 1.54) is 0 Å². The predicted octanol–water partition coefficient (Wildman–Crippen LogP) is 6.55. The first-order valence-corrected chi connectivity index (χ1v) is 12.4. The van der Waals surface area contributed by atoms with Crippen LogP contribution in [0, 0.1) is 35.5 Å². The SMILES string of the molecule is CC(C)CC(C)C(=O)Nc1cc(NC(=O)C(C)CC(C)C)cc(NC(=O)C(C)CC(C)C)c1. The Morgan fingerprint density at radius 2 is 0.727 bits per heavy atom. The standard InChI is InChI=1S/C27H45N3O3/c1-16(2)10-19(7)25(31)28-22-13-23(29-26(32)20(8)11-17(3)4)15-24(14-22)30-27(33)21(9)12-18(5)6/h13-21H,10-12H2,1-9H3,(H,28,31)(H,29,32)(H,30,33). The quantitative estimate of drug-likeness (QED) is 0.331. The van der Waals surface area contributed by atoms with Crippen molar-refractivity contribution in [2.24, 2.45) is 35.5 Å². The van der Waals surface area contributed by atoms with E-state index in [1.807, 2.05) is 20.8 Å². The Bertz CT molecular complexity index is 685. The van der Waals surface area contributed by atoms with Gasteiger partial charge in [0.05, 0.1) is 0 Å². The molecule has 0 fully saturated rings. The highest BCUT2D eigenvalue weighted by Gasteiger charge is 2.19. The molecule has 0 aliphatic heterocycles. The van der Waals surface area contributed by atoms with Crippen LogP contribution in [0.3, 0.4) is 0 Å². The molecule has 0 saturated heterocycles. The van der Waals surface area contributed by atoms with Crippen LogP contribution in [-0.4, -0.2) is 17.7 Å². The number of nitrogens with one attached hydrogen (secondary N) is 3. The molecule has 0 aliphatic rings. The van der Waals surface area contributed by atoms with Gasteiger partial charge >= 0.3 is 0 Å². The first kappa shape index (κ1) is 28.7. The fraction of sp³-hybridized carbons (Fsp3) is 0.667. The van der Waals surface area contributed by atoms with Gasteiger partial charge in [-0.1, -0.05) is 62.3 Å². The zero-order valence-corrected chi connectivity index (χ0v) is 22.0. The van der Waals surface area contributed by atoms with Gasteiger partial charge in [-0.2, -0.15) is 0 Å². The molecule has 1 aromatic carbocycles. The van der Waals surface area contributed by atoms with E-state index in [4.69, 9.17) is 0 Å². The Morgan fingerprint density at radius 3 is 0.909 bits per heavy atom. The fourth-order valence-corrected chi connectivity index (χ4v) is 4.08. The van der Waals surface area contributed by atoms with Crippen LogP contribution < -0.4 is 16.0 Å². The molecule has 1 aromatic rings. The summed E-state index contributed by atoms with van der Waals surface area (Å²) in [5.74, 6) is 0.584. The molecule has 186 valence electrons. The van der Waals surface area contributed by atoms with Crippen molar-refractivity contribution in [2.45, 2.75) is 81.6 Å². The number of carbonyl (C=O) groups excluding carboxylic acids is 3. The van der Waals surface area contributed by atoms with Crippen molar-refractivity contribution in [3.05, 3.63) is 18.2 Å². The minimum absolute atomic E-state index is 0.0780. The average molecular weight is 460 g/mol. The van der Waals surface area contributed by atoms with Gasteiger partial charge in [0.2, 0.25) is 17.7 Å². The van der Waals surface area contributed by atoms with Gasteiger partial charge in [-0.15, -0.1) is 0 Å². The minimum Gasteiger partial charge on any atom is -0.326 e. The molecular weight excluding hydrogens is 414 g/mol. The largest absolute Gasteiger partial charge is 0.326 e. The molecule has 33 heavy (non-hydrogen) atoms. The monoisotopic (exact) mass is 459 g/mol. The van der Waals surface area contributed by atoms with E-state index in [2.05, 4.69) is 57.5 Å². The van der Waals surface area contributed by atoms with Crippen LogP contribution >= 0.6 is 0 Å². The van der Waals surface area contributed by atoms with Crippen LogP contribution in [0.25, 0.3) is 0 Å². The predicted molar refractivity (Wildman–Crippen MR) is 138 cm³/mol. The Labute approximate surface area is 200 Å². The summed E-state index contributed by atoms with van der Waals surface area (Å²) in [4.78, 5) is 38.1. The van der Waals surface area contributed by atoms with E-state index in [-0.39, 0.29) is 35.5 Å². The zero-order valence-electron chi connectivity index (χ0n) is 22.0. The Morgan fingerprint density at radius 1 is 0.515 bits per heavy atom. The summed E-state index contributed by atoms with van der Waals surface area (Å²) in [5.41, 5.74) is 1.66. The van der Waals surface area contributed by atoms with Crippen LogP contribution in [0.15, 0.2) is 18.2 Å². The highest BCUT2D eigenvalue weighted by atomic mass is 16.2. The van der Waals surface area contributed by atoms with Crippen LogP contribution in [0.1, 0.15) is 81.6 Å². The Kier molecular flexibility index (Phi) is 11.6. The summed E-state index contributed by atoms with van der Waals surface area (Å²) >= 11 is 0. The number of benzene rings is 1. The van der Waals surface area contributed by atoms with Crippen LogP contribution in [0.4, 0.5) is 17.1 Å². The van der Waals surface area contributed by atoms with E-state index in [0.29, 0.717) is 34.8 Å². The zero-order chi connectivity index (χ0) is 25.3. The summed E-state index contributed by atoms with van der Waals surface area (Å²) in [6.45, 7) is 18.2. The molecule has 0 radical (unpaired) electrons. The molecule has 3 unspecified atom stereocenters. The van der Waals surface area contributed by atoms with Crippen LogP contribution in [0.5, 0.6) is 0 Å². The van der Waals surface area contributed by atoms with Crippen molar-refractivity contribution >= 4 is 34.8 Å². The van der Waals surface area contributed by atoms with Gasteiger partial charge in [-0.3, -0.25) is 14.4 Å². The smallest absolute Gasteiger partial charge is 0.227 e. The van der Waals surface area contributed by atoms with Crippen molar-refractivity contribution in [1.82, 2.24) is 0 Å². The third-order valence-electron chi connectivity index (χ3n) is 5.55. The molecule has 0 saturated carbocycles. The number of hydrogen-bond acceptors (Lipinski definition) is 3.